The van der Waals surface area contributed by atoms with E-state index in [0.29, 0.717) is 22.7 Å². The summed E-state index contributed by atoms with van der Waals surface area (Å²) in [5.41, 5.74) is 3.77. The van der Waals surface area contributed by atoms with Crippen LogP contribution in [0.5, 0.6) is 11.5 Å². The third-order valence-corrected chi connectivity index (χ3v) is 4.54. The average Bonchev–Trinajstić information content (AvgIpc) is 3.16. The van der Waals surface area contributed by atoms with Crippen molar-refractivity contribution in [2.24, 2.45) is 4.99 Å². The minimum atomic E-state index is -0.562. The molecule has 0 amide bonds. The number of aryl methyl sites for hydroxylation is 1. The fraction of sp³-hybridized carbons (Fsp3) is 0.0909. The molecule has 1 aromatic heterocycles. The van der Waals surface area contributed by atoms with Crippen molar-refractivity contribution in [3.63, 3.8) is 0 Å². The molecule has 3 aromatic carbocycles. The van der Waals surface area contributed by atoms with Crippen LogP contribution in [0.15, 0.2) is 64.0 Å². The second kappa shape index (κ2) is 7.67. The van der Waals surface area contributed by atoms with E-state index in [1.807, 2.05) is 31.2 Å². The third kappa shape index (κ3) is 3.70. The largest absolute Gasteiger partial charge is 0.504 e. The number of aromatic nitrogens is 1. The Bertz CT molecular complexity index is 1280. The van der Waals surface area contributed by atoms with Crippen molar-refractivity contribution in [2.75, 3.05) is 7.11 Å². The maximum Gasteiger partial charge on any atom is 0.274 e. The highest BCUT2D eigenvalue weighted by molar-refractivity contribution is 5.89. The molecule has 0 aliphatic carbocycles. The van der Waals surface area contributed by atoms with Crippen LogP contribution >= 0.6 is 0 Å². The number of aromatic hydroxyl groups is 1. The monoisotopic (exact) mass is 403 g/mol. The van der Waals surface area contributed by atoms with Crippen molar-refractivity contribution in [1.29, 1.82) is 0 Å². The summed E-state index contributed by atoms with van der Waals surface area (Å²) in [5, 5.41) is 21.3. The molecule has 0 aliphatic heterocycles. The molecule has 0 aliphatic rings. The lowest BCUT2D eigenvalue weighted by Gasteiger charge is -2.05. The molecule has 0 radical (unpaired) electrons. The summed E-state index contributed by atoms with van der Waals surface area (Å²) in [4.78, 5) is 19.4. The van der Waals surface area contributed by atoms with Crippen LogP contribution in [0.25, 0.3) is 22.6 Å². The number of ether oxygens (including phenoxy) is 1. The van der Waals surface area contributed by atoms with Gasteiger partial charge in [-0.15, -0.1) is 0 Å². The van der Waals surface area contributed by atoms with Crippen LogP contribution in [0.4, 0.5) is 11.4 Å². The standard InChI is InChI=1S/C22H17N3O5/c1-13-3-5-14(6-4-13)22-24-18-10-16(7-8-19(18)30-22)23-12-15-9-17(25(27)28)11-20(29-2)21(15)26/h3-12,26H,1-2H3. The number of rotatable bonds is 5. The van der Waals surface area contributed by atoms with E-state index in [9.17, 15) is 15.2 Å². The van der Waals surface area contributed by atoms with Crippen LogP contribution in [-0.4, -0.2) is 28.3 Å². The summed E-state index contributed by atoms with van der Waals surface area (Å²) in [6, 6.07) is 15.5. The van der Waals surface area contributed by atoms with Gasteiger partial charge in [0, 0.05) is 23.4 Å². The summed E-state index contributed by atoms with van der Waals surface area (Å²) in [7, 11) is 1.32. The van der Waals surface area contributed by atoms with E-state index in [2.05, 4.69) is 9.98 Å². The molecule has 8 heteroatoms. The van der Waals surface area contributed by atoms with E-state index < -0.39 is 4.92 Å². The number of fused-ring (bicyclic) bond motifs is 1. The zero-order chi connectivity index (χ0) is 21.3. The SMILES string of the molecule is COc1cc([N+](=O)[O-])cc(C=Nc2ccc3oc(-c4ccc(C)cc4)nc3c2)c1O. The van der Waals surface area contributed by atoms with Gasteiger partial charge in [-0.3, -0.25) is 15.1 Å². The van der Waals surface area contributed by atoms with Gasteiger partial charge in [-0.05, 0) is 37.3 Å². The lowest BCUT2D eigenvalue weighted by atomic mass is 10.1. The predicted octanol–water partition coefficient (Wildman–Crippen LogP) is 5.18. The number of phenols is 1. The van der Waals surface area contributed by atoms with Gasteiger partial charge in [0.15, 0.2) is 17.1 Å². The fourth-order valence-corrected chi connectivity index (χ4v) is 2.93. The molecule has 4 aromatic rings. The van der Waals surface area contributed by atoms with E-state index in [1.165, 1.54) is 19.4 Å². The molecule has 1 N–H and O–H groups in total. The van der Waals surface area contributed by atoms with Gasteiger partial charge in [0.1, 0.15) is 5.52 Å². The molecule has 150 valence electrons. The first kappa shape index (κ1) is 19.1. The molecular formula is C22H17N3O5. The Labute approximate surface area is 171 Å². The lowest BCUT2D eigenvalue weighted by Crippen LogP contribution is -1.94. The lowest BCUT2D eigenvalue weighted by molar-refractivity contribution is -0.385. The topological polar surface area (TPSA) is 111 Å². The minimum Gasteiger partial charge on any atom is -0.504 e. The number of hydrogen-bond donors (Lipinski definition) is 1. The van der Waals surface area contributed by atoms with E-state index >= 15 is 0 Å². The van der Waals surface area contributed by atoms with E-state index in [4.69, 9.17) is 9.15 Å². The molecule has 0 unspecified atom stereocenters. The number of methoxy groups -OCH3 is 1. The summed E-state index contributed by atoms with van der Waals surface area (Å²) >= 11 is 0. The van der Waals surface area contributed by atoms with Crippen molar-refractivity contribution in [3.8, 4) is 23.0 Å². The second-order valence-corrected chi connectivity index (χ2v) is 6.64. The number of non-ortho nitro benzene ring substituents is 1. The number of aliphatic imine (C=N–C) groups is 1. The van der Waals surface area contributed by atoms with Crippen LogP contribution in [0, 0.1) is 17.0 Å². The number of benzene rings is 3. The number of oxazole rings is 1. The molecule has 30 heavy (non-hydrogen) atoms. The van der Waals surface area contributed by atoms with Gasteiger partial charge in [-0.1, -0.05) is 17.7 Å². The van der Waals surface area contributed by atoms with Crippen molar-refractivity contribution < 1.29 is 19.2 Å². The first-order valence-corrected chi connectivity index (χ1v) is 9.01. The third-order valence-electron chi connectivity index (χ3n) is 4.54. The Morgan fingerprint density at radius 3 is 2.63 bits per heavy atom. The summed E-state index contributed by atoms with van der Waals surface area (Å²) in [6.07, 6.45) is 1.34. The number of hydrogen-bond acceptors (Lipinski definition) is 7. The fourth-order valence-electron chi connectivity index (χ4n) is 2.93. The van der Waals surface area contributed by atoms with Gasteiger partial charge < -0.3 is 14.3 Å². The normalized spacial score (nSPS) is 11.3. The zero-order valence-electron chi connectivity index (χ0n) is 16.2. The van der Waals surface area contributed by atoms with E-state index in [1.54, 1.807) is 18.2 Å². The molecule has 0 atom stereocenters. The summed E-state index contributed by atoms with van der Waals surface area (Å²) < 4.78 is 10.8. The van der Waals surface area contributed by atoms with Crippen LogP contribution in [0.2, 0.25) is 0 Å². The van der Waals surface area contributed by atoms with Crippen molar-refractivity contribution >= 4 is 28.7 Å². The van der Waals surface area contributed by atoms with Gasteiger partial charge >= 0.3 is 0 Å². The van der Waals surface area contributed by atoms with Gasteiger partial charge in [0.05, 0.1) is 23.8 Å². The minimum absolute atomic E-state index is 0.000318. The summed E-state index contributed by atoms with van der Waals surface area (Å²) in [6.45, 7) is 2.01. The van der Waals surface area contributed by atoms with Crippen molar-refractivity contribution in [1.82, 2.24) is 4.98 Å². The number of phenolic OH excluding ortho intramolecular Hbond substituents is 1. The van der Waals surface area contributed by atoms with Gasteiger partial charge in [-0.2, -0.15) is 0 Å². The highest BCUT2D eigenvalue weighted by atomic mass is 16.6. The molecule has 4 rings (SSSR count). The molecule has 0 bridgehead atoms. The van der Waals surface area contributed by atoms with Crippen molar-refractivity contribution in [2.45, 2.75) is 6.92 Å². The summed E-state index contributed by atoms with van der Waals surface area (Å²) in [5.74, 6) is 0.281. The Hall–Kier alpha value is -4.20. The second-order valence-electron chi connectivity index (χ2n) is 6.64. The smallest absolute Gasteiger partial charge is 0.274 e. The number of nitrogens with zero attached hydrogens (tertiary/aromatic N) is 3. The highest BCUT2D eigenvalue weighted by Crippen LogP contribution is 2.34. The molecule has 0 fully saturated rings. The van der Waals surface area contributed by atoms with Crippen molar-refractivity contribution in [3.05, 3.63) is 75.8 Å². The maximum absolute atomic E-state index is 11.1. The first-order chi connectivity index (χ1) is 14.4. The highest BCUT2D eigenvalue weighted by Gasteiger charge is 2.16. The maximum atomic E-state index is 11.1. The molecule has 8 nitrogen and oxygen atoms in total. The Balaban J connectivity index is 1.67. The molecular weight excluding hydrogens is 386 g/mol. The number of nitro benzene ring substituents is 1. The van der Waals surface area contributed by atoms with Crippen LogP contribution in [0.3, 0.4) is 0 Å². The first-order valence-electron chi connectivity index (χ1n) is 9.01. The molecule has 1 heterocycles. The zero-order valence-corrected chi connectivity index (χ0v) is 16.2. The molecule has 0 saturated carbocycles. The molecule has 0 saturated heterocycles. The van der Waals surface area contributed by atoms with Gasteiger partial charge in [-0.25, -0.2) is 4.98 Å². The van der Waals surface area contributed by atoms with E-state index in [-0.39, 0.29) is 22.7 Å². The Morgan fingerprint density at radius 1 is 1.17 bits per heavy atom. The molecule has 0 spiro atoms. The van der Waals surface area contributed by atoms with Crippen LogP contribution in [-0.2, 0) is 0 Å². The quantitative estimate of drug-likeness (QED) is 0.279. The number of nitro groups is 1. The van der Waals surface area contributed by atoms with Crippen LogP contribution < -0.4 is 4.74 Å². The predicted molar refractivity (Wildman–Crippen MR) is 113 cm³/mol. The van der Waals surface area contributed by atoms with Gasteiger partial charge in [0.2, 0.25) is 5.89 Å². The Morgan fingerprint density at radius 2 is 1.93 bits per heavy atom. The van der Waals surface area contributed by atoms with E-state index in [0.717, 1.165) is 17.2 Å². The van der Waals surface area contributed by atoms with Gasteiger partial charge in [0.25, 0.3) is 5.69 Å². The Kier molecular flexibility index (Phi) is 4.89. The average molecular weight is 403 g/mol. The van der Waals surface area contributed by atoms with Crippen LogP contribution in [0.1, 0.15) is 11.1 Å².